The van der Waals surface area contributed by atoms with Gasteiger partial charge in [0.1, 0.15) is 6.04 Å². The molecule has 1 unspecified atom stereocenters. The molecule has 1 N–H and O–H groups in total. The third kappa shape index (κ3) is 3.53. The molecule has 0 aromatic heterocycles. The first-order valence-corrected chi connectivity index (χ1v) is 9.91. The highest BCUT2D eigenvalue weighted by molar-refractivity contribution is 6.18. The Kier molecular flexibility index (Phi) is 5.06. The number of carbonyl (C=O) groups is 3. The summed E-state index contributed by atoms with van der Waals surface area (Å²) in [6.07, 6.45) is 0.661. The SMILES string of the molecule is O=C1CCC(N2Cc3cc(N4CCN(CCCl)CC4)ccc3C2=O)C(=O)N1. The number of hydrogen-bond acceptors (Lipinski definition) is 5. The van der Waals surface area contributed by atoms with Gasteiger partial charge in [0.2, 0.25) is 11.8 Å². The second-order valence-electron chi connectivity index (χ2n) is 7.26. The van der Waals surface area contributed by atoms with Crippen molar-refractivity contribution in [3.05, 3.63) is 29.3 Å². The summed E-state index contributed by atoms with van der Waals surface area (Å²) in [7, 11) is 0. The van der Waals surface area contributed by atoms with Crippen LogP contribution in [0, 0.1) is 0 Å². The lowest BCUT2D eigenvalue weighted by Crippen LogP contribution is -2.52. The number of anilines is 1. The molecule has 0 aliphatic carbocycles. The second-order valence-corrected chi connectivity index (χ2v) is 7.64. The lowest BCUT2D eigenvalue weighted by Gasteiger charge is -2.36. The number of carbonyl (C=O) groups excluding carboxylic acids is 3. The van der Waals surface area contributed by atoms with E-state index in [1.807, 2.05) is 12.1 Å². The van der Waals surface area contributed by atoms with Crippen LogP contribution in [0.4, 0.5) is 5.69 Å². The molecule has 3 amide bonds. The Hall–Kier alpha value is -2.12. The smallest absolute Gasteiger partial charge is 0.255 e. The zero-order valence-electron chi connectivity index (χ0n) is 15.1. The molecule has 8 heteroatoms. The molecule has 1 aromatic carbocycles. The highest BCUT2D eigenvalue weighted by Crippen LogP contribution is 2.30. The topological polar surface area (TPSA) is 73.0 Å². The van der Waals surface area contributed by atoms with E-state index in [4.69, 9.17) is 11.6 Å². The number of nitrogens with zero attached hydrogens (tertiary/aromatic N) is 3. The van der Waals surface area contributed by atoms with Crippen molar-refractivity contribution in [1.82, 2.24) is 15.1 Å². The number of halogens is 1. The van der Waals surface area contributed by atoms with E-state index in [1.54, 1.807) is 4.90 Å². The van der Waals surface area contributed by atoms with E-state index in [9.17, 15) is 14.4 Å². The second kappa shape index (κ2) is 7.48. The van der Waals surface area contributed by atoms with Crippen LogP contribution in [0.5, 0.6) is 0 Å². The van der Waals surface area contributed by atoms with Gasteiger partial charge in [-0.15, -0.1) is 11.6 Å². The van der Waals surface area contributed by atoms with E-state index < -0.39 is 6.04 Å². The number of piperidine rings is 1. The molecule has 0 saturated carbocycles. The van der Waals surface area contributed by atoms with Crippen molar-refractivity contribution >= 4 is 35.0 Å². The van der Waals surface area contributed by atoms with Gasteiger partial charge in [-0.1, -0.05) is 0 Å². The predicted molar refractivity (Wildman–Crippen MR) is 102 cm³/mol. The number of benzene rings is 1. The first-order chi connectivity index (χ1) is 13.1. The van der Waals surface area contributed by atoms with Gasteiger partial charge < -0.3 is 9.80 Å². The monoisotopic (exact) mass is 390 g/mol. The molecule has 27 heavy (non-hydrogen) atoms. The Morgan fingerprint density at radius 1 is 1.11 bits per heavy atom. The molecule has 1 aromatic rings. The van der Waals surface area contributed by atoms with Crippen molar-refractivity contribution in [3.63, 3.8) is 0 Å². The van der Waals surface area contributed by atoms with Gasteiger partial charge in [0.25, 0.3) is 5.91 Å². The van der Waals surface area contributed by atoms with Crippen LogP contribution >= 0.6 is 11.6 Å². The van der Waals surface area contributed by atoms with Crippen molar-refractivity contribution in [2.75, 3.05) is 43.5 Å². The standard InChI is InChI=1S/C19H23ClN4O3/c20-5-6-22-7-9-23(10-8-22)14-1-2-15-13(11-14)12-24(19(15)27)16-3-4-17(25)21-18(16)26/h1-2,11,16H,3-10,12H2,(H,21,25,26). The summed E-state index contributed by atoms with van der Waals surface area (Å²) < 4.78 is 0. The summed E-state index contributed by atoms with van der Waals surface area (Å²) in [5, 5.41) is 2.34. The summed E-state index contributed by atoms with van der Waals surface area (Å²) in [6.45, 7) is 5.15. The van der Waals surface area contributed by atoms with Crippen LogP contribution in [-0.2, 0) is 16.1 Å². The van der Waals surface area contributed by atoms with Crippen LogP contribution < -0.4 is 10.2 Å². The van der Waals surface area contributed by atoms with Gasteiger partial charge in [-0.25, -0.2) is 0 Å². The predicted octanol–water partition coefficient (Wildman–Crippen LogP) is 0.808. The van der Waals surface area contributed by atoms with Gasteiger partial charge in [-0.2, -0.15) is 0 Å². The van der Waals surface area contributed by atoms with E-state index >= 15 is 0 Å². The fourth-order valence-corrected chi connectivity index (χ4v) is 4.35. The van der Waals surface area contributed by atoms with Crippen molar-refractivity contribution in [2.45, 2.75) is 25.4 Å². The largest absolute Gasteiger partial charge is 0.369 e. The van der Waals surface area contributed by atoms with E-state index in [0.717, 1.165) is 44.0 Å². The lowest BCUT2D eigenvalue weighted by atomic mass is 10.0. The maximum absolute atomic E-state index is 12.8. The summed E-state index contributed by atoms with van der Waals surface area (Å²) in [5.74, 6) is -0.117. The van der Waals surface area contributed by atoms with E-state index in [0.29, 0.717) is 24.4 Å². The minimum Gasteiger partial charge on any atom is -0.369 e. The number of fused-ring (bicyclic) bond motifs is 1. The lowest BCUT2D eigenvalue weighted by molar-refractivity contribution is -0.136. The minimum atomic E-state index is -0.565. The maximum Gasteiger partial charge on any atom is 0.255 e. The molecule has 0 spiro atoms. The van der Waals surface area contributed by atoms with E-state index in [2.05, 4.69) is 21.2 Å². The Labute approximate surface area is 163 Å². The molecule has 3 heterocycles. The van der Waals surface area contributed by atoms with Crippen LogP contribution in [0.2, 0.25) is 0 Å². The van der Waals surface area contributed by atoms with Crippen LogP contribution in [0.3, 0.4) is 0 Å². The fourth-order valence-electron chi connectivity index (χ4n) is 4.11. The Morgan fingerprint density at radius 3 is 2.59 bits per heavy atom. The number of imide groups is 1. The maximum atomic E-state index is 12.8. The molecule has 144 valence electrons. The number of amides is 3. The van der Waals surface area contributed by atoms with Crippen molar-refractivity contribution in [3.8, 4) is 0 Å². The summed E-state index contributed by atoms with van der Waals surface area (Å²) in [5.41, 5.74) is 2.71. The molecule has 2 saturated heterocycles. The van der Waals surface area contributed by atoms with Gasteiger partial charge in [-0.05, 0) is 30.2 Å². The van der Waals surface area contributed by atoms with Crippen LogP contribution in [0.15, 0.2) is 18.2 Å². The van der Waals surface area contributed by atoms with E-state index in [-0.39, 0.29) is 24.1 Å². The summed E-state index contributed by atoms with van der Waals surface area (Å²) in [4.78, 5) is 42.5. The molecule has 2 fully saturated rings. The molecule has 4 rings (SSSR count). The third-order valence-electron chi connectivity index (χ3n) is 5.65. The van der Waals surface area contributed by atoms with Crippen LogP contribution in [0.1, 0.15) is 28.8 Å². The number of nitrogens with one attached hydrogen (secondary N) is 1. The molecule has 3 aliphatic heterocycles. The first kappa shape index (κ1) is 18.3. The molecule has 0 bridgehead atoms. The molecular formula is C19H23ClN4O3. The van der Waals surface area contributed by atoms with Gasteiger partial charge in [0.15, 0.2) is 0 Å². The Bertz CT molecular complexity index is 776. The van der Waals surface area contributed by atoms with Crippen molar-refractivity contribution in [2.24, 2.45) is 0 Å². The highest BCUT2D eigenvalue weighted by Gasteiger charge is 2.39. The summed E-state index contributed by atoms with van der Waals surface area (Å²) >= 11 is 5.82. The third-order valence-corrected chi connectivity index (χ3v) is 5.81. The molecule has 0 radical (unpaired) electrons. The molecule has 3 aliphatic rings. The zero-order chi connectivity index (χ0) is 19.0. The number of alkyl halides is 1. The van der Waals surface area contributed by atoms with E-state index in [1.165, 1.54) is 0 Å². The van der Waals surface area contributed by atoms with Gasteiger partial charge in [-0.3, -0.25) is 24.6 Å². The average molecular weight is 391 g/mol. The Balaban J connectivity index is 1.47. The quantitative estimate of drug-likeness (QED) is 0.608. The van der Waals surface area contributed by atoms with Crippen molar-refractivity contribution < 1.29 is 14.4 Å². The number of piperazine rings is 1. The minimum absolute atomic E-state index is 0.127. The molecular weight excluding hydrogens is 368 g/mol. The first-order valence-electron chi connectivity index (χ1n) is 9.37. The Morgan fingerprint density at radius 2 is 1.89 bits per heavy atom. The highest BCUT2D eigenvalue weighted by atomic mass is 35.5. The number of rotatable bonds is 4. The molecule has 7 nitrogen and oxygen atoms in total. The zero-order valence-corrected chi connectivity index (χ0v) is 15.9. The van der Waals surface area contributed by atoms with Crippen molar-refractivity contribution in [1.29, 1.82) is 0 Å². The molecule has 1 atom stereocenters. The van der Waals surface area contributed by atoms with Crippen LogP contribution in [-0.4, -0.2) is 72.2 Å². The fraction of sp³-hybridized carbons (Fsp3) is 0.526. The summed E-state index contributed by atoms with van der Waals surface area (Å²) in [6, 6.07) is 5.35. The van der Waals surface area contributed by atoms with Crippen LogP contribution in [0.25, 0.3) is 0 Å². The average Bonchev–Trinajstić information content (AvgIpc) is 2.98. The van der Waals surface area contributed by atoms with Gasteiger partial charge >= 0.3 is 0 Å². The van der Waals surface area contributed by atoms with Gasteiger partial charge in [0.05, 0.1) is 0 Å². The normalized spacial score (nSPS) is 23.6. The number of hydrogen-bond donors (Lipinski definition) is 1. The van der Waals surface area contributed by atoms with Gasteiger partial charge in [0, 0.05) is 62.8 Å².